The number of benzene rings is 2. The van der Waals surface area contributed by atoms with Gasteiger partial charge in [0.15, 0.2) is 0 Å². The number of fused-ring (bicyclic) bond motifs is 1. The normalized spacial score (nSPS) is 15.7. The van der Waals surface area contributed by atoms with E-state index >= 15 is 0 Å². The molecule has 0 unspecified atom stereocenters. The van der Waals surface area contributed by atoms with Gasteiger partial charge in [-0.2, -0.15) is 4.98 Å². The number of carbonyl (C=O) groups excluding carboxylic acids is 1. The Labute approximate surface area is 209 Å². The second-order valence-electron chi connectivity index (χ2n) is 8.73. The predicted molar refractivity (Wildman–Crippen MR) is 137 cm³/mol. The van der Waals surface area contributed by atoms with Crippen LogP contribution in [0.5, 0.6) is 5.75 Å². The summed E-state index contributed by atoms with van der Waals surface area (Å²) in [5.74, 6) is 1.84. The minimum absolute atomic E-state index is 0.0501. The number of rotatable bonds is 7. The third-order valence-electron chi connectivity index (χ3n) is 6.11. The van der Waals surface area contributed by atoms with Crippen molar-refractivity contribution in [3.05, 3.63) is 59.7 Å². The number of hydrogen-bond acceptors (Lipinski definition) is 8. The van der Waals surface area contributed by atoms with Crippen molar-refractivity contribution in [3.8, 4) is 17.0 Å². The van der Waals surface area contributed by atoms with E-state index in [1.165, 1.54) is 0 Å². The summed E-state index contributed by atoms with van der Waals surface area (Å²) < 4.78 is 36.4. The van der Waals surface area contributed by atoms with Gasteiger partial charge in [0.25, 0.3) is 0 Å². The van der Waals surface area contributed by atoms with Crippen LogP contribution < -0.4 is 19.3 Å². The summed E-state index contributed by atoms with van der Waals surface area (Å²) in [6, 6.07) is 14.6. The van der Waals surface area contributed by atoms with Crippen LogP contribution in [0.25, 0.3) is 11.3 Å². The third-order valence-corrected chi connectivity index (χ3v) is 6.72. The maximum absolute atomic E-state index is 13.2. The van der Waals surface area contributed by atoms with E-state index in [1.54, 1.807) is 36.3 Å². The Bertz CT molecular complexity index is 1370. The van der Waals surface area contributed by atoms with Crippen LogP contribution in [0.1, 0.15) is 11.1 Å². The molecule has 0 bridgehead atoms. The van der Waals surface area contributed by atoms with Crippen LogP contribution >= 0.6 is 0 Å². The van der Waals surface area contributed by atoms with Gasteiger partial charge in [-0.25, -0.2) is 13.4 Å². The second-order valence-corrected chi connectivity index (χ2v) is 10.5. The highest BCUT2D eigenvalue weighted by Crippen LogP contribution is 2.37. The molecule has 36 heavy (non-hydrogen) atoms. The van der Waals surface area contributed by atoms with E-state index in [9.17, 15) is 13.2 Å². The number of ether oxygens (including phenoxy) is 2. The molecule has 10 nitrogen and oxygen atoms in total. The highest BCUT2D eigenvalue weighted by molar-refractivity contribution is 7.92. The molecule has 0 saturated carbocycles. The number of nitrogens with one attached hydrogen (secondary N) is 1. The molecule has 1 aromatic heterocycles. The lowest BCUT2D eigenvalue weighted by atomic mass is 10.1. The molecule has 1 saturated heterocycles. The van der Waals surface area contributed by atoms with Gasteiger partial charge in [0.05, 0.1) is 45.2 Å². The molecule has 3 aromatic rings. The maximum atomic E-state index is 13.2. The van der Waals surface area contributed by atoms with Crippen molar-refractivity contribution >= 4 is 33.4 Å². The molecular weight excluding hydrogens is 482 g/mol. The molecule has 0 aliphatic carbocycles. The first-order chi connectivity index (χ1) is 17.3. The smallest absolute Gasteiger partial charge is 0.233 e. The Morgan fingerprint density at radius 2 is 1.72 bits per heavy atom. The Morgan fingerprint density at radius 3 is 2.36 bits per heavy atom. The van der Waals surface area contributed by atoms with Crippen molar-refractivity contribution in [2.24, 2.45) is 0 Å². The van der Waals surface area contributed by atoms with Gasteiger partial charge in [-0.15, -0.1) is 0 Å². The van der Waals surface area contributed by atoms with Gasteiger partial charge < -0.3 is 14.4 Å². The minimum atomic E-state index is -3.39. The molecule has 11 heteroatoms. The van der Waals surface area contributed by atoms with E-state index in [0.717, 1.165) is 28.7 Å². The van der Waals surface area contributed by atoms with Crippen molar-refractivity contribution in [3.63, 3.8) is 0 Å². The van der Waals surface area contributed by atoms with Crippen molar-refractivity contribution < 1.29 is 22.7 Å². The number of sulfonamides is 1. The number of methoxy groups -OCH3 is 1. The lowest BCUT2D eigenvalue weighted by Crippen LogP contribution is -2.37. The minimum Gasteiger partial charge on any atom is -0.497 e. The zero-order chi connectivity index (χ0) is 25.3. The van der Waals surface area contributed by atoms with Gasteiger partial charge >= 0.3 is 0 Å². The molecule has 2 aliphatic heterocycles. The number of anilines is 3. The molecule has 0 radical (unpaired) electrons. The van der Waals surface area contributed by atoms with Crippen LogP contribution in [-0.4, -0.2) is 64.0 Å². The molecule has 1 amide bonds. The summed E-state index contributed by atoms with van der Waals surface area (Å²) in [4.78, 5) is 26.6. The van der Waals surface area contributed by atoms with E-state index in [4.69, 9.17) is 19.4 Å². The summed E-state index contributed by atoms with van der Waals surface area (Å²) in [7, 11) is -1.77. The molecule has 0 atom stereocenters. The third kappa shape index (κ3) is 5.12. The van der Waals surface area contributed by atoms with Gasteiger partial charge in [0.2, 0.25) is 21.9 Å². The zero-order valence-electron chi connectivity index (χ0n) is 20.1. The SMILES string of the molecule is COc1ccc(CN2C(=O)Cc3c(-c4ccc(NS(C)(=O)=O)cc4)nc(N4CCOCC4)nc32)cc1. The predicted octanol–water partition coefficient (Wildman–Crippen LogP) is 2.45. The fourth-order valence-corrected chi connectivity index (χ4v) is 4.91. The van der Waals surface area contributed by atoms with Crippen LogP contribution in [0.4, 0.5) is 17.5 Å². The zero-order valence-corrected chi connectivity index (χ0v) is 20.9. The molecule has 3 heterocycles. The van der Waals surface area contributed by atoms with Crippen LogP contribution in [0.3, 0.4) is 0 Å². The number of carbonyl (C=O) groups is 1. The van der Waals surface area contributed by atoms with Crippen molar-refractivity contribution in [2.45, 2.75) is 13.0 Å². The Kier molecular flexibility index (Phi) is 6.50. The quantitative estimate of drug-likeness (QED) is 0.517. The maximum Gasteiger partial charge on any atom is 0.233 e. The van der Waals surface area contributed by atoms with Crippen LogP contribution in [0, 0.1) is 0 Å². The van der Waals surface area contributed by atoms with Crippen molar-refractivity contribution in [1.82, 2.24) is 9.97 Å². The summed E-state index contributed by atoms with van der Waals surface area (Å²) in [6.07, 6.45) is 1.30. The molecule has 0 spiro atoms. The van der Waals surface area contributed by atoms with Crippen LogP contribution in [-0.2, 0) is 32.5 Å². The average Bonchev–Trinajstić information content (AvgIpc) is 3.19. The Hall–Kier alpha value is -3.70. The van der Waals surface area contributed by atoms with Gasteiger partial charge in [-0.1, -0.05) is 24.3 Å². The average molecular weight is 510 g/mol. The van der Waals surface area contributed by atoms with Gasteiger partial charge in [0.1, 0.15) is 11.6 Å². The van der Waals surface area contributed by atoms with Gasteiger partial charge in [-0.3, -0.25) is 14.4 Å². The Morgan fingerprint density at radius 1 is 1.03 bits per heavy atom. The monoisotopic (exact) mass is 509 g/mol. The van der Waals surface area contributed by atoms with E-state index in [0.29, 0.717) is 56.0 Å². The standard InChI is InChI=1S/C25H27N5O5S/c1-34-20-9-3-17(4-10-20)16-30-22(31)15-21-23(18-5-7-19(8-6-18)28-36(2,32)33)26-25(27-24(21)30)29-11-13-35-14-12-29/h3-10,28H,11-16H2,1-2H3. The fourth-order valence-electron chi connectivity index (χ4n) is 4.34. The van der Waals surface area contributed by atoms with Crippen LogP contribution in [0.2, 0.25) is 0 Å². The fraction of sp³-hybridized carbons (Fsp3) is 0.320. The van der Waals surface area contributed by atoms with Gasteiger partial charge in [-0.05, 0) is 29.8 Å². The van der Waals surface area contributed by atoms with Crippen LogP contribution in [0.15, 0.2) is 48.5 Å². The van der Waals surface area contributed by atoms with E-state index in [1.807, 2.05) is 24.3 Å². The van der Waals surface area contributed by atoms with Crippen molar-refractivity contribution in [2.75, 3.05) is 54.2 Å². The molecule has 2 aromatic carbocycles. The molecule has 1 N–H and O–H groups in total. The highest BCUT2D eigenvalue weighted by atomic mass is 32.2. The Balaban J connectivity index is 1.54. The molecule has 5 rings (SSSR count). The van der Waals surface area contributed by atoms with Gasteiger partial charge in [0, 0.05) is 29.9 Å². The summed E-state index contributed by atoms with van der Waals surface area (Å²) in [5, 5.41) is 0. The van der Waals surface area contributed by atoms with E-state index in [-0.39, 0.29) is 12.3 Å². The summed E-state index contributed by atoms with van der Waals surface area (Å²) >= 11 is 0. The van der Waals surface area contributed by atoms with Crippen molar-refractivity contribution in [1.29, 1.82) is 0 Å². The molecule has 188 valence electrons. The number of amides is 1. The number of nitrogens with zero attached hydrogens (tertiary/aromatic N) is 4. The number of hydrogen-bond donors (Lipinski definition) is 1. The van der Waals surface area contributed by atoms with E-state index < -0.39 is 10.0 Å². The number of aromatic nitrogens is 2. The molecular formula is C25H27N5O5S. The lowest BCUT2D eigenvalue weighted by molar-refractivity contribution is -0.117. The highest BCUT2D eigenvalue weighted by Gasteiger charge is 2.34. The lowest BCUT2D eigenvalue weighted by Gasteiger charge is -2.28. The first-order valence-corrected chi connectivity index (χ1v) is 13.4. The molecule has 1 fully saturated rings. The van der Waals surface area contributed by atoms with E-state index in [2.05, 4.69) is 9.62 Å². The first kappa shape index (κ1) is 24.0. The summed E-state index contributed by atoms with van der Waals surface area (Å²) in [6.45, 7) is 2.85. The molecule has 2 aliphatic rings. The number of morpholine rings is 1. The second kappa shape index (κ2) is 9.75. The summed E-state index contributed by atoms with van der Waals surface area (Å²) in [5.41, 5.74) is 3.62. The first-order valence-electron chi connectivity index (χ1n) is 11.6. The largest absolute Gasteiger partial charge is 0.497 e. The topological polar surface area (TPSA) is 114 Å².